The van der Waals surface area contributed by atoms with Crippen LogP contribution in [0.1, 0.15) is 41.4 Å². The highest BCUT2D eigenvalue weighted by Crippen LogP contribution is 2.50. The lowest BCUT2D eigenvalue weighted by atomic mass is 9.73. The van der Waals surface area contributed by atoms with Gasteiger partial charge in [0.2, 0.25) is 0 Å². The van der Waals surface area contributed by atoms with Crippen LogP contribution in [0, 0.1) is 12.3 Å². The quantitative estimate of drug-likeness (QED) is 0.497. The van der Waals surface area contributed by atoms with Crippen LogP contribution in [0.2, 0.25) is 0 Å². The minimum absolute atomic E-state index is 0.0607. The Labute approximate surface area is 198 Å². The van der Waals surface area contributed by atoms with E-state index in [2.05, 4.69) is 47.1 Å². The molecule has 1 fully saturated rings. The average Bonchev–Trinajstić information content (AvgIpc) is 3.59. The van der Waals surface area contributed by atoms with E-state index in [9.17, 15) is 0 Å². The molecule has 1 spiro atoms. The lowest BCUT2D eigenvalue weighted by molar-refractivity contribution is 0.187. The molecule has 1 atom stereocenters. The van der Waals surface area contributed by atoms with Crippen LogP contribution >= 0.6 is 0 Å². The first-order valence-electron chi connectivity index (χ1n) is 12.2. The Hall–Kier alpha value is -3.45. The van der Waals surface area contributed by atoms with Gasteiger partial charge in [0.25, 0.3) is 0 Å². The van der Waals surface area contributed by atoms with Gasteiger partial charge in [0.15, 0.2) is 5.82 Å². The summed E-state index contributed by atoms with van der Waals surface area (Å²) in [4.78, 5) is 12.2. The Balaban J connectivity index is 1.23. The fraction of sp³-hybridized carbons (Fsp3) is 0.370. The fourth-order valence-electron chi connectivity index (χ4n) is 6.32. The van der Waals surface area contributed by atoms with Gasteiger partial charge in [-0.05, 0) is 60.9 Å². The highest BCUT2D eigenvalue weighted by molar-refractivity contribution is 5.79. The number of ether oxygens (including phenoxy) is 1. The SMILES string of the molecule is Cc1nc(N2CCC3(CC2)Cc2ncccc2[C@H]3N)c2ccnn2c1-c1cccc2c1OCC2. The van der Waals surface area contributed by atoms with Gasteiger partial charge in [0, 0.05) is 43.0 Å². The minimum atomic E-state index is 0.0607. The molecule has 7 nitrogen and oxygen atoms in total. The van der Waals surface area contributed by atoms with Crippen molar-refractivity contribution >= 4 is 11.3 Å². The first-order chi connectivity index (χ1) is 16.6. The molecule has 0 unspecified atom stereocenters. The second kappa shape index (κ2) is 7.27. The maximum atomic E-state index is 6.77. The molecule has 34 heavy (non-hydrogen) atoms. The van der Waals surface area contributed by atoms with Crippen LogP contribution in [-0.2, 0) is 12.8 Å². The topological polar surface area (TPSA) is 81.6 Å². The number of nitrogens with two attached hydrogens (primary N) is 1. The summed E-state index contributed by atoms with van der Waals surface area (Å²) in [6, 6.07) is 12.7. The molecule has 0 saturated carbocycles. The minimum Gasteiger partial charge on any atom is -0.492 e. The van der Waals surface area contributed by atoms with E-state index in [4.69, 9.17) is 20.6 Å². The van der Waals surface area contributed by atoms with Crippen molar-refractivity contribution in [1.29, 1.82) is 0 Å². The molecular weight excluding hydrogens is 424 g/mol. The second-order valence-electron chi connectivity index (χ2n) is 9.93. The summed E-state index contributed by atoms with van der Waals surface area (Å²) in [6.45, 7) is 4.67. The van der Waals surface area contributed by atoms with E-state index in [0.717, 1.165) is 79.4 Å². The van der Waals surface area contributed by atoms with Crippen LogP contribution in [0.25, 0.3) is 16.8 Å². The summed E-state index contributed by atoms with van der Waals surface area (Å²) in [5, 5.41) is 4.71. The molecule has 7 rings (SSSR count). The zero-order chi connectivity index (χ0) is 22.9. The molecule has 3 aliphatic rings. The predicted octanol–water partition coefficient (Wildman–Crippen LogP) is 3.88. The third-order valence-corrected chi connectivity index (χ3v) is 8.17. The summed E-state index contributed by atoms with van der Waals surface area (Å²) in [5.41, 5.74) is 14.6. The van der Waals surface area contributed by atoms with Crippen LogP contribution in [0.15, 0.2) is 48.8 Å². The molecule has 3 aromatic heterocycles. The van der Waals surface area contributed by atoms with Crippen molar-refractivity contribution < 1.29 is 4.74 Å². The standard InChI is InChI=1S/C27H28N6O/c1-17-23(20-5-2-4-18-8-15-34-24(18)20)33-22(7-12-30-33)26(31-17)32-13-9-27(10-14-32)16-21-19(25(27)28)6-3-11-29-21/h2-7,11-12,25H,8-10,13-16,28H2,1H3/t25-/m1/s1. The summed E-state index contributed by atoms with van der Waals surface area (Å²) in [5.74, 6) is 1.98. The summed E-state index contributed by atoms with van der Waals surface area (Å²) in [7, 11) is 0. The van der Waals surface area contributed by atoms with Gasteiger partial charge in [0.05, 0.1) is 24.2 Å². The van der Waals surface area contributed by atoms with E-state index in [0.29, 0.717) is 0 Å². The van der Waals surface area contributed by atoms with Crippen LogP contribution in [0.3, 0.4) is 0 Å². The number of pyridine rings is 1. The van der Waals surface area contributed by atoms with Crippen molar-refractivity contribution in [1.82, 2.24) is 19.6 Å². The van der Waals surface area contributed by atoms with E-state index in [1.807, 2.05) is 23.0 Å². The number of benzene rings is 1. The molecule has 5 heterocycles. The number of piperidine rings is 1. The molecule has 2 aliphatic heterocycles. The number of rotatable bonds is 2. The van der Waals surface area contributed by atoms with Crippen molar-refractivity contribution in [3.8, 4) is 17.0 Å². The van der Waals surface area contributed by atoms with Gasteiger partial charge < -0.3 is 15.4 Å². The molecule has 1 saturated heterocycles. The van der Waals surface area contributed by atoms with Crippen LogP contribution < -0.4 is 15.4 Å². The van der Waals surface area contributed by atoms with Crippen molar-refractivity contribution in [3.63, 3.8) is 0 Å². The van der Waals surface area contributed by atoms with Gasteiger partial charge in [-0.15, -0.1) is 0 Å². The molecule has 7 heteroatoms. The number of para-hydroxylation sites is 1. The summed E-state index contributed by atoms with van der Waals surface area (Å²) in [6.07, 6.45) is 7.75. The van der Waals surface area contributed by atoms with Crippen molar-refractivity contribution in [2.45, 2.75) is 38.6 Å². The third-order valence-electron chi connectivity index (χ3n) is 8.17. The summed E-state index contributed by atoms with van der Waals surface area (Å²) >= 11 is 0. The van der Waals surface area contributed by atoms with Gasteiger partial charge in [-0.3, -0.25) is 4.98 Å². The Kier molecular flexibility index (Phi) is 4.27. The molecule has 1 aliphatic carbocycles. The van der Waals surface area contributed by atoms with E-state index >= 15 is 0 Å². The average molecular weight is 453 g/mol. The number of hydrogen-bond acceptors (Lipinski definition) is 6. The first-order valence-corrected chi connectivity index (χ1v) is 12.2. The monoisotopic (exact) mass is 452 g/mol. The molecule has 0 bridgehead atoms. The lowest BCUT2D eigenvalue weighted by Crippen LogP contribution is -2.44. The molecule has 2 N–H and O–H groups in total. The Morgan fingerprint density at radius 3 is 2.82 bits per heavy atom. The molecule has 0 amide bonds. The van der Waals surface area contributed by atoms with Crippen LogP contribution in [0.4, 0.5) is 5.82 Å². The number of nitrogens with zero attached hydrogens (tertiary/aromatic N) is 5. The third kappa shape index (κ3) is 2.76. The number of hydrogen-bond donors (Lipinski definition) is 1. The van der Waals surface area contributed by atoms with E-state index < -0.39 is 0 Å². The van der Waals surface area contributed by atoms with Gasteiger partial charge in [0.1, 0.15) is 11.3 Å². The first kappa shape index (κ1) is 20.0. The van der Waals surface area contributed by atoms with Crippen LogP contribution in [-0.4, -0.2) is 39.3 Å². The predicted molar refractivity (Wildman–Crippen MR) is 131 cm³/mol. The van der Waals surface area contributed by atoms with E-state index in [1.165, 1.54) is 16.8 Å². The largest absolute Gasteiger partial charge is 0.492 e. The van der Waals surface area contributed by atoms with Gasteiger partial charge in [-0.2, -0.15) is 5.10 Å². The van der Waals surface area contributed by atoms with Gasteiger partial charge in [-0.1, -0.05) is 18.2 Å². The maximum absolute atomic E-state index is 6.77. The zero-order valence-electron chi connectivity index (χ0n) is 19.4. The summed E-state index contributed by atoms with van der Waals surface area (Å²) < 4.78 is 8.05. The number of fused-ring (bicyclic) bond motifs is 3. The smallest absolute Gasteiger partial charge is 0.155 e. The fourth-order valence-corrected chi connectivity index (χ4v) is 6.32. The second-order valence-corrected chi connectivity index (χ2v) is 9.93. The van der Waals surface area contributed by atoms with Crippen molar-refractivity contribution in [2.75, 3.05) is 24.6 Å². The molecule has 0 radical (unpaired) electrons. The van der Waals surface area contributed by atoms with Crippen LogP contribution in [0.5, 0.6) is 5.75 Å². The number of aryl methyl sites for hydroxylation is 1. The maximum Gasteiger partial charge on any atom is 0.155 e. The van der Waals surface area contributed by atoms with Crippen molar-refractivity contribution in [2.24, 2.45) is 11.1 Å². The number of anilines is 1. The Bertz CT molecular complexity index is 1420. The van der Waals surface area contributed by atoms with Gasteiger partial charge in [-0.25, -0.2) is 9.50 Å². The normalized spacial score (nSPS) is 20.5. The zero-order valence-corrected chi connectivity index (χ0v) is 19.4. The molecule has 172 valence electrons. The Morgan fingerprint density at radius 2 is 1.97 bits per heavy atom. The van der Waals surface area contributed by atoms with E-state index in [1.54, 1.807) is 0 Å². The molecular formula is C27H28N6O. The molecule has 4 aromatic rings. The van der Waals surface area contributed by atoms with E-state index in [-0.39, 0.29) is 11.5 Å². The Morgan fingerprint density at radius 1 is 1.09 bits per heavy atom. The molecule has 1 aromatic carbocycles. The lowest BCUT2D eigenvalue weighted by Gasteiger charge is -2.42. The number of aromatic nitrogens is 4. The van der Waals surface area contributed by atoms with Gasteiger partial charge >= 0.3 is 0 Å². The van der Waals surface area contributed by atoms with Crippen molar-refractivity contribution in [3.05, 3.63) is 71.3 Å². The highest BCUT2D eigenvalue weighted by Gasteiger charge is 2.46. The highest BCUT2D eigenvalue weighted by atomic mass is 16.5.